The van der Waals surface area contributed by atoms with E-state index in [4.69, 9.17) is 0 Å². The van der Waals surface area contributed by atoms with Crippen molar-refractivity contribution in [3.05, 3.63) is 59.7 Å². The third kappa shape index (κ3) is 3.94. The molecule has 1 fully saturated rings. The number of fused-ring (bicyclic) bond motifs is 1. The molecule has 0 bridgehead atoms. The highest BCUT2D eigenvalue weighted by atomic mass is 19.2. The summed E-state index contributed by atoms with van der Waals surface area (Å²) in [5, 5.41) is 1.24. The van der Waals surface area contributed by atoms with Crippen molar-refractivity contribution in [1.29, 1.82) is 0 Å². The third-order valence-electron chi connectivity index (χ3n) is 5.73. The average molecular weight is 342 g/mol. The van der Waals surface area contributed by atoms with Gasteiger partial charge in [-0.25, -0.2) is 8.78 Å². The summed E-state index contributed by atoms with van der Waals surface area (Å²) in [4.78, 5) is 0. The van der Waals surface area contributed by atoms with Gasteiger partial charge in [0.05, 0.1) is 0 Å². The van der Waals surface area contributed by atoms with Crippen LogP contribution in [0.15, 0.2) is 36.9 Å². The van der Waals surface area contributed by atoms with E-state index in [1.807, 2.05) is 24.3 Å². The first-order valence-electron chi connectivity index (χ1n) is 9.67. The predicted molar refractivity (Wildman–Crippen MR) is 102 cm³/mol. The fraction of sp³-hybridized carbons (Fsp3) is 0.478. The molecule has 0 spiro atoms. The van der Waals surface area contributed by atoms with Gasteiger partial charge in [-0.3, -0.25) is 0 Å². The predicted octanol–water partition coefficient (Wildman–Crippen LogP) is 7.31. The van der Waals surface area contributed by atoms with Gasteiger partial charge in [0.25, 0.3) is 0 Å². The Morgan fingerprint density at radius 3 is 2.48 bits per heavy atom. The Labute approximate surface area is 149 Å². The molecule has 2 aromatic carbocycles. The van der Waals surface area contributed by atoms with E-state index in [1.54, 1.807) is 0 Å². The number of rotatable bonds is 6. The second kappa shape index (κ2) is 8.12. The molecule has 0 saturated heterocycles. The molecule has 0 aromatic heterocycles. The van der Waals surface area contributed by atoms with Gasteiger partial charge >= 0.3 is 0 Å². The molecule has 0 aliphatic heterocycles. The fourth-order valence-corrected chi connectivity index (χ4v) is 4.09. The van der Waals surface area contributed by atoms with Crippen molar-refractivity contribution in [2.75, 3.05) is 0 Å². The minimum Gasteiger partial charge on any atom is -0.203 e. The monoisotopic (exact) mass is 342 g/mol. The maximum absolute atomic E-state index is 14.7. The first kappa shape index (κ1) is 18.1. The maximum atomic E-state index is 14.7. The largest absolute Gasteiger partial charge is 0.203 e. The van der Waals surface area contributed by atoms with Crippen molar-refractivity contribution in [3.8, 4) is 0 Å². The second-order valence-electron chi connectivity index (χ2n) is 7.45. The van der Waals surface area contributed by atoms with E-state index in [2.05, 4.69) is 19.6 Å². The van der Waals surface area contributed by atoms with Gasteiger partial charge in [0.1, 0.15) is 0 Å². The zero-order valence-electron chi connectivity index (χ0n) is 15.2. The van der Waals surface area contributed by atoms with Crippen molar-refractivity contribution >= 4 is 10.8 Å². The highest BCUT2D eigenvalue weighted by Gasteiger charge is 2.25. The number of halogens is 2. The molecule has 1 aliphatic carbocycles. The molecule has 3 rings (SSSR count). The van der Waals surface area contributed by atoms with Crippen LogP contribution in [0.3, 0.4) is 0 Å². The van der Waals surface area contributed by atoms with Crippen molar-refractivity contribution in [1.82, 2.24) is 0 Å². The summed E-state index contributed by atoms with van der Waals surface area (Å²) in [7, 11) is 0. The number of allylic oxidation sites excluding steroid dienone is 1. The Bertz CT molecular complexity index is 739. The molecule has 2 heteroatoms. The van der Waals surface area contributed by atoms with E-state index in [-0.39, 0.29) is 5.92 Å². The second-order valence-corrected chi connectivity index (χ2v) is 7.45. The van der Waals surface area contributed by atoms with Crippen LogP contribution in [0, 0.1) is 17.6 Å². The van der Waals surface area contributed by atoms with Crippen LogP contribution in [0.2, 0.25) is 0 Å². The molecule has 134 valence electrons. The Morgan fingerprint density at radius 2 is 1.80 bits per heavy atom. The molecular formula is C23H28F2. The van der Waals surface area contributed by atoms with E-state index in [1.165, 1.54) is 6.42 Å². The topological polar surface area (TPSA) is 0 Å². The Kier molecular flexibility index (Phi) is 5.88. The van der Waals surface area contributed by atoms with Gasteiger partial charge in [0.2, 0.25) is 0 Å². The van der Waals surface area contributed by atoms with Crippen LogP contribution in [0.4, 0.5) is 8.78 Å². The lowest BCUT2D eigenvalue weighted by atomic mass is 9.78. The number of benzene rings is 2. The molecule has 0 atom stereocenters. The minimum absolute atomic E-state index is 0.124. The molecule has 0 radical (unpaired) electrons. The Morgan fingerprint density at radius 1 is 1.04 bits per heavy atom. The molecule has 25 heavy (non-hydrogen) atoms. The SMILES string of the molecule is C=CC1CCC(c2cc3ccc(CCCCC)cc3c(F)c2F)CC1. The summed E-state index contributed by atoms with van der Waals surface area (Å²) in [6.45, 7) is 6.02. The molecule has 2 aromatic rings. The van der Waals surface area contributed by atoms with Gasteiger partial charge in [-0.05, 0) is 79.0 Å². The van der Waals surface area contributed by atoms with E-state index < -0.39 is 11.6 Å². The number of hydrogen-bond donors (Lipinski definition) is 0. The first-order valence-corrected chi connectivity index (χ1v) is 9.67. The zero-order valence-corrected chi connectivity index (χ0v) is 15.2. The van der Waals surface area contributed by atoms with Gasteiger partial charge in [-0.2, -0.15) is 0 Å². The van der Waals surface area contributed by atoms with Crippen LogP contribution in [0.5, 0.6) is 0 Å². The van der Waals surface area contributed by atoms with Gasteiger partial charge in [0, 0.05) is 5.39 Å². The first-order chi connectivity index (χ1) is 12.1. The number of unbranched alkanes of at least 4 members (excludes halogenated alkanes) is 2. The highest BCUT2D eigenvalue weighted by molar-refractivity contribution is 5.85. The molecule has 0 nitrogen and oxygen atoms in total. The summed E-state index contributed by atoms with van der Waals surface area (Å²) in [6, 6.07) is 7.73. The lowest BCUT2D eigenvalue weighted by molar-refractivity contribution is 0.365. The summed E-state index contributed by atoms with van der Waals surface area (Å²) >= 11 is 0. The van der Waals surface area contributed by atoms with Crippen LogP contribution in [0.25, 0.3) is 10.8 Å². The molecule has 0 amide bonds. The standard InChI is InChI=1S/C23H28F2/c1-3-5-6-7-17-10-13-19-15-21(23(25)22(24)20(19)14-17)18-11-8-16(4-2)9-12-18/h4,10,13-16,18H,2-3,5-9,11-12H2,1H3. The summed E-state index contributed by atoms with van der Waals surface area (Å²) in [5.74, 6) is -0.662. The summed E-state index contributed by atoms with van der Waals surface area (Å²) in [5.41, 5.74) is 1.66. The Balaban J connectivity index is 1.88. The van der Waals surface area contributed by atoms with Gasteiger partial charge < -0.3 is 0 Å². The quantitative estimate of drug-likeness (QED) is 0.381. The van der Waals surface area contributed by atoms with E-state index in [0.717, 1.165) is 55.9 Å². The van der Waals surface area contributed by atoms with Crippen molar-refractivity contribution < 1.29 is 8.78 Å². The summed E-state index contributed by atoms with van der Waals surface area (Å²) < 4.78 is 29.5. The molecule has 0 heterocycles. The molecule has 0 unspecified atom stereocenters. The smallest absolute Gasteiger partial charge is 0.166 e. The van der Waals surface area contributed by atoms with Gasteiger partial charge in [-0.1, -0.05) is 38.0 Å². The van der Waals surface area contributed by atoms with Crippen LogP contribution in [-0.2, 0) is 6.42 Å². The van der Waals surface area contributed by atoms with Crippen molar-refractivity contribution in [3.63, 3.8) is 0 Å². The Hall–Kier alpha value is -1.70. The number of hydrogen-bond acceptors (Lipinski definition) is 0. The van der Waals surface area contributed by atoms with Gasteiger partial charge in [-0.15, -0.1) is 6.58 Å². The van der Waals surface area contributed by atoms with Crippen LogP contribution >= 0.6 is 0 Å². The lowest BCUT2D eigenvalue weighted by Crippen LogP contribution is -2.13. The minimum atomic E-state index is -0.671. The number of aryl methyl sites for hydroxylation is 1. The lowest BCUT2D eigenvalue weighted by Gasteiger charge is -2.27. The van der Waals surface area contributed by atoms with Crippen LogP contribution < -0.4 is 0 Å². The fourth-order valence-electron chi connectivity index (χ4n) is 4.09. The highest BCUT2D eigenvalue weighted by Crippen LogP contribution is 2.39. The average Bonchev–Trinajstić information content (AvgIpc) is 2.65. The van der Waals surface area contributed by atoms with Crippen molar-refractivity contribution in [2.45, 2.75) is 64.2 Å². The molecule has 1 aliphatic rings. The summed E-state index contributed by atoms with van der Waals surface area (Å²) in [6.07, 6.45) is 10.2. The normalized spacial score (nSPS) is 20.8. The van der Waals surface area contributed by atoms with E-state index in [9.17, 15) is 8.78 Å². The van der Waals surface area contributed by atoms with Crippen LogP contribution in [-0.4, -0.2) is 0 Å². The third-order valence-corrected chi connectivity index (χ3v) is 5.73. The van der Waals surface area contributed by atoms with E-state index >= 15 is 0 Å². The molecular weight excluding hydrogens is 314 g/mol. The zero-order chi connectivity index (χ0) is 17.8. The van der Waals surface area contributed by atoms with Crippen LogP contribution in [0.1, 0.15) is 68.9 Å². The molecule has 0 N–H and O–H groups in total. The van der Waals surface area contributed by atoms with Gasteiger partial charge in [0.15, 0.2) is 11.6 Å². The van der Waals surface area contributed by atoms with E-state index in [0.29, 0.717) is 16.9 Å². The maximum Gasteiger partial charge on any atom is 0.166 e. The van der Waals surface area contributed by atoms with Crippen molar-refractivity contribution in [2.24, 2.45) is 5.92 Å². The molecule has 1 saturated carbocycles.